The Bertz CT molecular complexity index is 1520. The highest BCUT2D eigenvalue weighted by molar-refractivity contribution is 7.20. The van der Waals surface area contributed by atoms with Gasteiger partial charge in [-0.05, 0) is 42.0 Å². The lowest BCUT2D eigenvalue weighted by molar-refractivity contribution is -0.385. The number of nitro benzene ring substituents is 2. The number of anilines is 1. The van der Waals surface area contributed by atoms with E-state index in [1.54, 1.807) is 18.2 Å². The Morgan fingerprint density at radius 3 is 1.94 bits per heavy atom. The molecule has 2 aromatic carbocycles. The van der Waals surface area contributed by atoms with Gasteiger partial charge in [0.1, 0.15) is 26.1 Å². The van der Waals surface area contributed by atoms with Crippen LogP contribution in [0.15, 0.2) is 81.1 Å². The van der Waals surface area contributed by atoms with Gasteiger partial charge in [0.05, 0.1) is 21.1 Å². The van der Waals surface area contributed by atoms with Crippen molar-refractivity contribution in [3.8, 4) is 17.2 Å². The number of benzene rings is 2. The molecule has 0 aliphatic rings. The van der Waals surface area contributed by atoms with Crippen molar-refractivity contribution in [1.82, 2.24) is 0 Å². The van der Waals surface area contributed by atoms with Crippen LogP contribution in [0.5, 0.6) is 0 Å². The molecule has 0 unspecified atom stereocenters. The molecule has 0 amide bonds. The number of nitrogens with zero attached hydrogens (tertiary/aromatic N) is 7. The van der Waals surface area contributed by atoms with Gasteiger partial charge in [-0.3, -0.25) is 20.2 Å². The molecule has 2 N–H and O–H groups in total. The highest BCUT2D eigenvalue weighted by Gasteiger charge is 2.14. The van der Waals surface area contributed by atoms with Crippen molar-refractivity contribution in [3.63, 3.8) is 0 Å². The molecule has 0 saturated carbocycles. The van der Waals surface area contributed by atoms with E-state index >= 15 is 0 Å². The second-order valence-electron chi connectivity index (χ2n) is 6.76. The predicted molar refractivity (Wildman–Crippen MR) is 131 cm³/mol. The molecular weight excluding hydrogens is 492 g/mol. The molecule has 12 nitrogen and oxygen atoms in total. The maximum absolute atomic E-state index is 11.0. The van der Waals surface area contributed by atoms with Gasteiger partial charge in [-0.2, -0.15) is 5.26 Å². The third-order valence-corrected chi connectivity index (χ3v) is 6.27. The van der Waals surface area contributed by atoms with Gasteiger partial charge in [-0.15, -0.1) is 20.5 Å². The van der Waals surface area contributed by atoms with Gasteiger partial charge in [0.2, 0.25) is 0 Å². The lowest BCUT2D eigenvalue weighted by Gasteiger charge is -1.99. The van der Waals surface area contributed by atoms with E-state index in [0.717, 1.165) is 11.3 Å². The van der Waals surface area contributed by atoms with Gasteiger partial charge >= 0.3 is 0 Å². The quantitative estimate of drug-likeness (QED) is 0.153. The first-order chi connectivity index (χ1) is 16.8. The summed E-state index contributed by atoms with van der Waals surface area (Å²) >= 11 is 2.29. The van der Waals surface area contributed by atoms with Crippen molar-refractivity contribution in [2.75, 3.05) is 5.73 Å². The number of nitrogens with two attached hydrogens (primary N) is 1. The van der Waals surface area contributed by atoms with Crippen LogP contribution in [-0.2, 0) is 0 Å². The molecule has 0 saturated heterocycles. The minimum absolute atomic E-state index is 0.0525. The normalized spacial score (nSPS) is 11.2. The van der Waals surface area contributed by atoms with Gasteiger partial charge in [0, 0.05) is 29.8 Å². The monoisotopic (exact) mass is 504 g/mol. The molecule has 4 aromatic rings. The summed E-state index contributed by atoms with van der Waals surface area (Å²) in [4.78, 5) is 20.8. The van der Waals surface area contributed by atoms with Gasteiger partial charge < -0.3 is 5.73 Å². The minimum atomic E-state index is -0.505. The van der Waals surface area contributed by atoms with Gasteiger partial charge in [-0.25, -0.2) is 0 Å². The zero-order valence-electron chi connectivity index (χ0n) is 17.4. The van der Waals surface area contributed by atoms with Crippen LogP contribution < -0.4 is 5.73 Å². The molecule has 4 rings (SSSR count). The third-order valence-electron chi connectivity index (χ3n) is 4.52. The molecule has 172 valence electrons. The molecule has 0 radical (unpaired) electrons. The number of nitrogen functional groups attached to an aromatic ring is 1. The van der Waals surface area contributed by atoms with Crippen molar-refractivity contribution in [2.24, 2.45) is 20.5 Å². The Hall–Kier alpha value is -4.87. The number of hydrogen-bond donors (Lipinski definition) is 1. The fraction of sp³-hybridized carbons (Fsp3) is 0. The highest BCUT2D eigenvalue weighted by atomic mass is 32.1. The average molecular weight is 505 g/mol. The Morgan fingerprint density at radius 1 is 0.800 bits per heavy atom. The van der Waals surface area contributed by atoms with E-state index in [1.165, 1.54) is 53.8 Å². The summed E-state index contributed by atoms with van der Waals surface area (Å²) in [5.41, 5.74) is 7.67. The highest BCUT2D eigenvalue weighted by Crippen LogP contribution is 2.44. The second kappa shape index (κ2) is 9.95. The number of non-ortho nitro benzene ring substituents is 2. The van der Waals surface area contributed by atoms with Crippen LogP contribution in [0, 0.1) is 31.6 Å². The third kappa shape index (κ3) is 5.38. The summed E-state index contributed by atoms with van der Waals surface area (Å²) < 4.78 is 0. The number of nitro groups is 2. The van der Waals surface area contributed by atoms with E-state index in [9.17, 15) is 20.2 Å². The molecule has 0 aliphatic heterocycles. The van der Waals surface area contributed by atoms with E-state index in [0.29, 0.717) is 42.4 Å². The first kappa shape index (κ1) is 23.3. The van der Waals surface area contributed by atoms with E-state index in [-0.39, 0.29) is 11.4 Å². The zero-order valence-corrected chi connectivity index (χ0v) is 19.1. The summed E-state index contributed by atoms with van der Waals surface area (Å²) in [6.45, 7) is 0. The van der Waals surface area contributed by atoms with Crippen LogP contribution in [-0.4, -0.2) is 9.85 Å². The van der Waals surface area contributed by atoms with Gasteiger partial charge in [-0.1, -0.05) is 22.7 Å². The second-order valence-corrected chi connectivity index (χ2v) is 8.83. The first-order valence-corrected chi connectivity index (χ1v) is 11.2. The number of azo groups is 2. The van der Waals surface area contributed by atoms with Crippen LogP contribution in [0.4, 0.5) is 37.1 Å². The van der Waals surface area contributed by atoms with E-state index < -0.39 is 9.85 Å². The summed E-state index contributed by atoms with van der Waals surface area (Å²) in [5.74, 6) is 0. The molecule has 0 aliphatic carbocycles. The van der Waals surface area contributed by atoms with Crippen LogP contribution in [0.25, 0.3) is 11.1 Å². The van der Waals surface area contributed by atoms with Crippen molar-refractivity contribution in [1.29, 1.82) is 5.26 Å². The topological polar surface area (TPSA) is 186 Å². The van der Waals surface area contributed by atoms with Crippen LogP contribution >= 0.6 is 22.7 Å². The van der Waals surface area contributed by atoms with E-state index in [2.05, 4.69) is 20.5 Å². The van der Waals surface area contributed by atoms with Crippen LogP contribution in [0.3, 0.4) is 0 Å². The average Bonchev–Trinajstić information content (AvgIpc) is 3.44. The van der Waals surface area contributed by atoms with Crippen LogP contribution in [0.2, 0.25) is 0 Å². The number of hydrogen-bond acceptors (Lipinski definition) is 12. The Morgan fingerprint density at radius 2 is 1.37 bits per heavy atom. The minimum Gasteiger partial charge on any atom is -0.389 e. The number of thiophene rings is 2. The molecule has 35 heavy (non-hydrogen) atoms. The Balaban J connectivity index is 1.68. The molecule has 0 fully saturated rings. The lowest BCUT2D eigenvalue weighted by Crippen LogP contribution is -1.86. The van der Waals surface area contributed by atoms with Gasteiger partial charge in [0.15, 0.2) is 0 Å². The largest absolute Gasteiger partial charge is 0.389 e. The maximum atomic E-state index is 11.0. The zero-order chi connectivity index (χ0) is 24.9. The Kier molecular flexibility index (Phi) is 6.62. The molecule has 2 heterocycles. The predicted octanol–water partition coefficient (Wildman–Crippen LogP) is 7.58. The number of rotatable bonds is 7. The molecule has 14 heteroatoms. The summed E-state index contributed by atoms with van der Waals surface area (Å²) in [7, 11) is 0. The number of nitriles is 1. The van der Waals surface area contributed by atoms with Gasteiger partial charge in [0.25, 0.3) is 11.4 Å². The molecule has 0 spiro atoms. The van der Waals surface area contributed by atoms with Crippen molar-refractivity contribution in [2.45, 2.75) is 0 Å². The fourth-order valence-corrected chi connectivity index (χ4v) is 4.36. The molecule has 0 atom stereocenters. The fourth-order valence-electron chi connectivity index (χ4n) is 2.83. The Labute approximate surface area is 204 Å². The van der Waals surface area contributed by atoms with Crippen LogP contribution in [0.1, 0.15) is 5.56 Å². The maximum Gasteiger partial charge on any atom is 0.269 e. The van der Waals surface area contributed by atoms with E-state index in [1.807, 2.05) is 6.07 Å². The smallest absolute Gasteiger partial charge is 0.269 e. The van der Waals surface area contributed by atoms with E-state index in [4.69, 9.17) is 11.0 Å². The van der Waals surface area contributed by atoms with Crippen molar-refractivity contribution >= 4 is 59.7 Å². The van der Waals surface area contributed by atoms with Crippen molar-refractivity contribution < 1.29 is 9.85 Å². The standard InChI is InChI=1S/C21H12N8O4S2/c22-11-13-9-18(34-20(13)23)26-27-21-17(12-1-5-15(6-2-12)28(30)31)10-19(35-21)25-24-14-3-7-16(8-4-14)29(32)33/h1-10H,23H2. The first-order valence-electron chi connectivity index (χ1n) is 9.60. The van der Waals surface area contributed by atoms with Crippen molar-refractivity contribution in [3.05, 3.63) is 86.5 Å². The molecular formula is C21H12N8O4S2. The molecule has 2 aromatic heterocycles. The summed E-state index contributed by atoms with van der Waals surface area (Å²) in [6, 6.07) is 16.8. The molecule has 0 bridgehead atoms. The SMILES string of the molecule is N#Cc1cc(N=Nc2sc(N=Nc3ccc([N+](=O)[O-])cc3)cc2-c2ccc([N+](=O)[O-])cc2)sc1N. The summed E-state index contributed by atoms with van der Waals surface area (Å²) in [5, 5.41) is 49.3. The lowest BCUT2D eigenvalue weighted by atomic mass is 10.1. The summed E-state index contributed by atoms with van der Waals surface area (Å²) in [6.07, 6.45) is 0.